The van der Waals surface area contributed by atoms with Crippen LogP contribution in [0.25, 0.3) is 0 Å². The lowest BCUT2D eigenvalue weighted by Gasteiger charge is -2.22. The first-order chi connectivity index (χ1) is 14.5. The van der Waals surface area contributed by atoms with Crippen molar-refractivity contribution >= 4 is 21.5 Å². The molecule has 1 saturated heterocycles. The zero-order chi connectivity index (χ0) is 21.4. The van der Waals surface area contributed by atoms with Crippen molar-refractivity contribution in [3.05, 3.63) is 54.6 Å². The Labute approximate surface area is 179 Å². The molecule has 2 aromatic carbocycles. The molecular formula is C22H30N4O3S. The number of methoxy groups -OCH3 is 1. The van der Waals surface area contributed by atoms with Gasteiger partial charge >= 0.3 is 0 Å². The summed E-state index contributed by atoms with van der Waals surface area (Å²) in [4.78, 5) is 6.95. The molecule has 0 amide bonds. The van der Waals surface area contributed by atoms with Gasteiger partial charge in [0, 0.05) is 32.7 Å². The molecule has 0 saturated carbocycles. The summed E-state index contributed by atoms with van der Waals surface area (Å²) in [5.74, 6) is 1.67. The highest BCUT2D eigenvalue weighted by Gasteiger charge is 2.25. The minimum atomic E-state index is -3.25. The molecule has 8 heteroatoms. The van der Waals surface area contributed by atoms with Crippen LogP contribution in [-0.4, -0.2) is 60.0 Å². The van der Waals surface area contributed by atoms with Gasteiger partial charge in [-0.05, 0) is 37.1 Å². The molecule has 0 aromatic heterocycles. The van der Waals surface area contributed by atoms with Crippen LogP contribution < -0.4 is 20.3 Å². The maximum absolute atomic E-state index is 12.4. The van der Waals surface area contributed by atoms with E-state index in [9.17, 15) is 8.42 Å². The molecule has 0 spiro atoms. The zero-order valence-electron chi connectivity index (χ0n) is 17.5. The Morgan fingerprint density at radius 2 is 1.90 bits per heavy atom. The number of hydrogen-bond donors (Lipinski definition) is 2. The van der Waals surface area contributed by atoms with Gasteiger partial charge in [0.15, 0.2) is 15.8 Å². The quantitative estimate of drug-likeness (QED) is 0.380. The average molecular weight is 431 g/mol. The molecule has 0 radical (unpaired) electrons. The zero-order valence-corrected chi connectivity index (χ0v) is 18.4. The first kappa shape index (κ1) is 22.0. The number of ether oxygens (including phenoxy) is 1. The second-order valence-electron chi connectivity index (χ2n) is 7.23. The smallest absolute Gasteiger partial charge is 0.191 e. The summed E-state index contributed by atoms with van der Waals surface area (Å²) in [6.07, 6.45) is 1.50. The molecule has 1 aliphatic heterocycles. The summed E-state index contributed by atoms with van der Waals surface area (Å²) in [6, 6.07) is 16.9. The fourth-order valence-electron chi connectivity index (χ4n) is 3.59. The summed E-state index contributed by atoms with van der Waals surface area (Å²) < 4.78 is 30.2. The van der Waals surface area contributed by atoms with Crippen molar-refractivity contribution in [2.45, 2.75) is 23.8 Å². The van der Waals surface area contributed by atoms with Gasteiger partial charge in [0.2, 0.25) is 0 Å². The van der Waals surface area contributed by atoms with E-state index in [-0.39, 0.29) is 11.8 Å². The van der Waals surface area contributed by atoms with Gasteiger partial charge in [-0.15, -0.1) is 0 Å². The van der Waals surface area contributed by atoms with Gasteiger partial charge in [0.25, 0.3) is 0 Å². The SMILES string of the molecule is CN=C(NCCCS(=O)(=O)c1ccccc1)NC1CCN(c2ccccc2OC)C1. The van der Waals surface area contributed by atoms with Gasteiger partial charge in [-0.25, -0.2) is 8.42 Å². The van der Waals surface area contributed by atoms with Crippen LogP contribution in [0.5, 0.6) is 5.75 Å². The van der Waals surface area contributed by atoms with E-state index in [4.69, 9.17) is 4.74 Å². The Hall–Kier alpha value is -2.74. The van der Waals surface area contributed by atoms with Crippen LogP contribution in [-0.2, 0) is 9.84 Å². The van der Waals surface area contributed by atoms with Crippen molar-refractivity contribution in [2.75, 3.05) is 44.4 Å². The number of benzene rings is 2. The summed E-state index contributed by atoms with van der Waals surface area (Å²) in [5.41, 5.74) is 1.10. The Morgan fingerprint density at radius 3 is 2.63 bits per heavy atom. The van der Waals surface area contributed by atoms with Gasteiger partial charge in [-0.2, -0.15) is 0 Å². The summed E-state index contributed by atoms with van der Waals surface area (Å²) in [6.45, 7) is 2.32. The molecule has 0 bridgehead atoms. The number of hydrogen-bond acceptors (Lipinski definition) is 5. The Bertz CT molecular complexity index is 948. The minimum absolute atomic E-state index is 0.103. The highest BCUT2D eigenvalue weighted by atomic mass is 32.2. The maximum atomic E-state index is 12.4. The van der Waals surface area contributed by atoms with Crippen LogP contribution in [0.3, 0.4) is 0 Å². The molecule has 162 valence electrons. The van der Waals surface area contributed by atoms with Gasteiger partial charge in [0.05, 0.1) is 23.4 Å². The van der Waals surface area contributed by atoms with Crippen LogP contribution in [0, 0.1) is 0 Å². The molecular weight excluding hydrogens is 400 g/mol. The van der Waals surface area contributed by atoms with Crippen LogP contribution in [0.15, 0.2) is 64.5 Å². The highest BCUT2D eigenvalue weighted by Crippen LogP contribution is 2.30. The van der Waals surface area contributed by atoms with E-state index in [1.165, 1.54) is 0 Å². The number of guanidine groups is 1. The summed E-state index contributed by atoms with van der Waals surface area (Å²) >= 11 is 0. The molecule has 30 heavy (non-hydrogen) atoms. The molecule has 1 heterocycles. The third-order valence-corrected chi connectivity index (χ3v) is 6.98. The van der Waals surface area contributed by atoms with Gasteiger partial charge in [-0.3, -0.25) is 4.99 Å². The molecule has 2 aromatic rings. The van der Waals surface area contributed by atoms with E-state index in [1.807, 2.05) is 24.3 Å². The molecule has 1 atom stereocenters. The van der Waals surface area contributed by atoms with Crippen molar-refractivity contribution in [1.29, 1.82) is 0 Å². The monoisotopic (exact) mass is 430 g/mol. The number of nitrogens with zero attached hydrogens (tertiary/aromatic N) is 2. The van der Waals surface area contributed by atoms with E-state index >= 15 is 0 Å². The first-order valence-electron chi connectivity index (χ1n) is 10.2. The summed E-state index contributed by atoms with van der Waals surface area (Å²) in [7, 11) is 0.163. The third kappa shape index (κ3) is 5.66. The average Bonchev–Trinajstić information content (AvgIpc) is 3.24. The van der Waals surface area contributed by atoms with Gasteiger partial charge in [-0.1, -0.05) is 30.3 Å². The number of anilines is 1. The lowest BCUT2D eigenvalue weighted by atomic mass is 10.2. The van der Waals surface area contributed by atoms with Crippen molar-refractivity contribution in [2.24, 2.45) is 4.99 Å². The Balaban J connectivity index is 1.45. The fraction of sp³-hybridized carbons (Fsp3) is 0.409. The van der Waals surface area contributed by atoms with Crippen molar-refractivity contribution in [3.8, 4) is 5.75 Å². The number of aliphatic imine (C=N–C) groups is 1. The topological polar surface area (TPSA) is 83.0 Å². The lowest BCUT2D eigenvalue weighted by Crippen LogP contribution is -2.45. The fourth-order valence-corrected chi connectivity index (χ4v) is 4.92. The molecule has 1 aliphatic rings. The Kier molecular flexibility index (Phi) is 7.57. The third-order valence-electron chi connectivity index (χ3n) is 5.16. The second kappa shape index (κ2) is 10.3. The predicted molar refractivity (Wildman–Crippen MR) is 121 cm³/mol. The van der Waals surface area contributed by atoms with Crippen LogP contribution in [0.1, 0.15) is 12.8 Å². The largest absolute Gasteiger partial charge is 0.495 e. The predicted octanol–water partition coefficient (Wildman–Crippen LogP) is 2.30. The normalized spacial score (nSPS) is 17.1. The van der Waals surface area contributed by atoms with E-state index in [2.05, 4.69) is 26.6 Å². The van der Waals surface area contributed by atoms with E-state index < -0.39 is 9.84 Å². The lowest BCUT2D eigenvalue weighted by molar-refractivity contribution is 0.415. The van der Waals surface area contributed by atoms with Gasteiger partial charge < -0.3 is 20.3 Å². The number of para-hydroxylation sites is 2. The first-order valence-corrected chi connectivity index (χ1v) is 11.8. The number of rotatable bonds is 8. The second-order valence-corrected chi connectivity index (χ2v) is 9.34. The van der Waals surface area contributed by atoms with Crippen molar-refractivity contribution in [1.82, 2.24) is 10.6 Å². The van der Waals surface area contributed by atoms with E-state index in [1.54, 1.807) is 38.4 Å². The van der Waals surface area contributed by atoms with Crippen LogP contribution >= 0.6 is 0 Å². The molecule has 0 aliphatic carbocycles. The minimum Gasteiger partial charge on any atom is -0.495 e. The summed E-state index contributed by atoms with van der Waals surface area (Å²) in [5, 5.41) is 6.67. The maximum Gasteiger partial charge on any atom is 0.191 e. The standard InChI is InChI=1S/C22H30N4O3S/c1-23-22(24-14-8-16-30(27,28)19-9-4-3-5-10-19)25-18-13-15-26(17-18)20-11-6-7-12-21(20)29-2/h3-7,9-12,18H,8,13-17H2,1-2H3,(H2,23,24,25). The van der Waals surface area contributed by atoms with Crippen LogP contribution in [0.4, 0.5) is 5.69 Å². The molecule has 7 nitrogen and oxygen atoms in total. The van der Waals surface area contributed by atoms with Crippen molar-refractivity contribution < 1.29 is 13.2 Å². The molecule has 2 N–H and O–H groups in total. The molecule has 1 unspecified atom stereocenters. The number of sulfone groups is 1. The highest BCUT2D eigenvalue weighted by molar-refractivity contribution is 7.91. The van der Waals surface area contributed by atoms with Crippen LogP contribution in [0.2, 0.25) is 0 Å². The Morgan fingerprint density at radius 1 is 1.17 bits per heavy atom. The molecule has 3 rings (SSSR count). The van der Waals surface area contributed by atoms with Crippen molar-refractivity contribution in [3.63, 3.8) is 0 Å². The van der Waals surface area contributed by atoms with E-state index in [0.717, 1.165) is 30.9 Å². The number of nitrogens with one attached hydrogen (secondary N) is 2. The van der Waals surface area contributed by atoms with Gasteiger partial charge in [0.1, 0.15) is 5.75 Å². The molecule has 1 fully saturated rings. The van der Waals surface area contributed by atoms with E-state index in [0.29, 0.717) is 23.8 Å².